The van der Waals surface area contributed by atoms with Crippen LogP contribution in [0.2, 0.25) is 0 Å². The molecule has 2 N–H and O–H groups in total. The summed E-state index contributed by atoms with van der Waals surface area (Å²) in [5.41, 5.74) is 1.56. The van der Waals surface area contributed by atoms with Crippen LogP contribution in [0.25, 0.3) is 11.2 Å². The molecule has 1 aliphatic rings. The molecule has 5 nitrogen and oxygen atoms in total. The van der Waals surface area contributed by atoms with Crippen LogP contribution in [-0.2, 0) is 0 Å². The van der Waals surface area contributed by atoms with Gasteiger partial charge in [-0.15, -0.1) is 0 Å². The molecule has 0 saturated heterocycles. The number of aliphatic hydroxyl groups excluding tert-OH is 1. The van der Waals surface area contributed by atoms with Gasteiger partial charge in [0, 0.05) is 0 Å². The van der Waals surface area contributed by atoms with E-state index >= 15 is 0 Å². The molecule has 2 heterocycles. The molecule has 3 rings (SSSR count). The van der Waals surface area contributed by atoms with Crippen LogP contribution < -0.4 is 0 Å². The Labute approximate surface area is 97.2 Å². The van der Waals surface area contributed by atoms with Gasteiger partial charge in [0.1, 0.15) is 11.2 Å². The monoisotopic (exact) mass is 236 g/mol. The molecule has 2 atom stereocenters. The number of rotatable bonds is 1. The van der Waals surface area contributed by atoms with Gasteiger partial charge >= 0.3 is 0 Å². The van der Waals surface area contributed by atoms with E-state index in [1.165, 1.54) is 0 Å². The fraction of sp³-hybridized carbons (Fsp3) is 0.500. The molecule has 1 aliphatic carbocycles. The molecule has 6 heteroatoms. The Hall–Kier alpha value is -1.27. The van der Waals surface area contributed by atoms with Crippen LogP contribution in [0.15, 0.2) is 12.7 Å². The summed E-state index contributed by atoms with van der Waals surface area (Å²) >= 11 is 5.10. The fourth-order valence-corrected chi connectivity index (χ4v) is 2.57. The van der Waals surface area contributed by atoms with Crippen molar-refractivity contribution in [3.63, 3.8) is 0 Å². The summed E-state index contributed by atoms with van der Waals surface area (Å²) < 4.78 is 2.48. The molecule has 0 aromatic carbocycles. The summed E-state index contributed by atoms with van der Waals surface area (Å²) in [6.07, 6.45) is 5.91. The number of nitrogens with zero attached hydrogens (tertiary/aromatic N) is 3. The van der Waals surface area contributed by atoms with Crippen LogP contribution in [0.5, 0.6) is 0 Å². The quantitative estimate of drug-likeness (QED) is 0.738. The Morgan fingerprint density at radius 3 is 3.06 bits per heavy atom. The van der Waals surface area contributed by atoms with Crippen molar-refractivity contribution in [2.75, 3.05) is 0 Å². The first kappa shape index (κ1) is 9.92. The standard InChI is InChI=1S/C10H12N4OS/c15-7-3-1-2-6(7)14-5-13-8-9(14)11-4-12-10(8)16/h4-7,15H,1-3H2,(H,11,12,16)/t6-,7+/m0/s1. The zero-order valence-electron chi connectivity index (χ0n) is 8.63. The highest BCUT2D eigenvalue weighted by molar-refractivity contribution is 7.71. The van der Waals surface area contributed by atoms with E-state index in [-0.39, 0.29) is 12.1 Å². The van der Waals surface area contributed by atoms with E-state index in [0.29, 0.717) is 10.2 Å². The Morgan fingerprint density at radius 2 is 2.31 bits per heavy atom. The number of H-pyrrole nitrogens is 1. The number of nitrogens with one attached hydrogen (secondary N) is 1. The summed E-state index contributed by atoms with van der Waals surface area (Å²) in [4.78, 5) is 11.3. The van der Waals surface area contributed by atoms with E-state index in [1.807, 2.05) is 4.57 Å². The highest BCUT2D eigenvalue weighted by atomic mass is 32.1. The molecule has 16 heavy (non-hydrogen) atoms. The highest BCUT2D eigenvalue weighted by Crippen LogP contribution is 2.31. The number of aliphatic hydroxyl groups is 1. The van der Waals surface area contributed by atoms with Gasteiger partial charge in [0.15, 0.2) is 4.64 Å². The molecule has 0 radical (unpaired) electrons. The molecule has 2 aromatic heterocycles. The molecule has 2 aromatic rings. The second-order valence-electron chi connectivity index (χ2n) is 4.12. The predicted octanol–water partition coefficient (Wildman–Crippen LogP) is 1.57. The van der Waals surface area contributed by atoms with Crippen molar-refractivity contribution < 1.29 is 5.11 Å². The zero-order chi connectivity index (χ0) is 11.1. The second kappa shape index (κ2) is 3.64. The first-order valence-electron chi connectivity index (χ1n) is 5.35. The van der Waals surface area contributed by atoms with E-state index < -0.39 is 0 Å². The van der Waals surface area contributed by atoms with E-state index in [4.69, 9.17) is 12.2 Å². The maximum absolute atomic E-state index is 9.89. The summed E-state index contributed by atoms with van der Waals surface area (Å²) in [7, 11) is 0. The third-order valence-electron chi connectivity index (χ3n) is 3.18. The van der Waals surface area contributed by atoms with Crippen LogP contribution in [0.1, 0.15) is 25.3 Å². The maximum atomic E-state index is 9.89. The maximum Gasteiger partial charge on any atom is 0.157 e. The first-order valence-corrected chi connectivity index (χ1v) is 5.76. The van der Waals surface area contributed by atoms with E-state index in [9.17, 15) is 5.11 Å². The summed E-state index contributed by atoms with van der Waals surface area (Å²) in [5, 5.41) is 9.89. The number of imidazole rings is 1. The first-order chi connectivity index (χ1) is 7.77. The Kier molecular flexibility index (Phi) is 2.26. The van der Waals surface area contributed by atoms with E-state index in [2.05, 4.69) is 15.0 Å². The van der Waals surface area contributed by atoms with Crippen molar-refractivity contribution in [2.45, 2.75) is 31.4 Å². The van der Waals surface area contributed by atoms with Crippen LogP contribution in [0.4, 0.5) is 0 Å². The number of fused-ring (bicyclic) bond motifs is 1. The molecule has 0 aliphatic heterocycles. The van der Waals surface area contributed by atoms with Crippen molar-refractivity contribution in [2.24, 2.45) is 0 Å². The average molecular weight is 236 g/mol. The molecule has 1 saturated carbocycles. The second-order valence-corrected chi connectivity index (χ2v) is 4.51. The van der Waals surface area contributed by atoms with Gasteiger partial charge < -0.3 is 14.7 Å². The fourth-order valence-electron chi connectivity index (χ4n) is 2.37. The Morgan fingerprint density at radius 1 is 1.44 bits per heavy atom. The van der Waals surface area contributed by atoms with Gasteiger partial charge in [0.05, 0.1) is 24.8 Å². The number of hydrogen-bond donors (Lipinski definition) is 2. The van der Waals surface area contributed by atoms with E-state index in [0.717, 1.165) is 24.9 Å². The molecule has 84 valence electrons. The molecule has 0 bridgehead atoms. The average Bonchev–Trinajstić information content (AvgIpc) is 2.84. The number of aromatic amines is 1. The molecule has 0 unspecified atom stereocenters. The lowest BCUT2D eigenvalue weighted by Gasteiger charge is -2.16. The molecular formula is C10H12N4OS. The normalized spacial score (nSPS) is 25.3. The lowest BCUT2D eigenvalue weighted by molar-refractivity contribution is 0.138. The van der Waals surface area contributed by atoms with Crippen LogP contribution in [0.3, 0.4) is 0 Å². The van der Waals surface area contributed by atoms with Crippen LogP contribution >= 0.6 is 12.2 Å². The Balaban J connectivity index is 2.18. The minimum absolute atomic E-state index is 0.109. The predicted molar refractivity (Wildman–Crippen MR) is 61.6 cm³/mol. The summed E-state index contributed by atoms with van der Waals surface area (Å²) in [6, 6.07) is 0.109. The smallest absolute Gasteiger partial charge is 0.157 e. The lowest BCUT2D eigenvalue weighted by Crippen LogP contribution is -2.17. The van der Waals surface area contributed by atoms with Gasteiger partial charge in [-0.1, -0.05) is 12.2 Å². The van der Waals surface area contributed by atoms with E-state index in [1.54, 1.807) is 12.7 Å². The molecular weight excluding hydrogens is 224 g/mol. The van der Waals surface area contributed by atoms with Gasteiger partial charge in [-0.05, 0) is 19.3 Å². The largest absolute Gasteiger partial charge is 0.391 e. The van der Waals surface area contributed by atoms with Crippen molar-refractivity contribution in [3.8, 4) is 0 Å². The molecule has 0 amide bonds. The van der Waals surface area contributed by atoms with Crippen molar-refractivity contribution in [1.29, 1.82) is 0 Å². The SMILES string of the molecule is O[C@@H]1CCC[C@@H]1n1cnc2c(=S)nc[nH]c21. The van der Waals surface area contributed by atoms with Crippen molar-refractivity contribution in [1.82, 2.24) is 19.5 Å². The zero-order valence-corrected chi connectivity index (χ0v) is 9.44. The molecule has 1 fully saturated rings. The highest BCUT2D eigenvalue weighted by Gasteiger charge is 2.28. The van der Waals surface area contributed by atoms with Gasteiger partial charge in [-0.25, -0.2) is 9.97 Å². The minimum Gasteiger partial charge on any atom is -0.391 e. The van der Waals surface area contributed by atoms with Crippen molar-refractivity contribution in [3.05, 3.63) is 17.3 Å². The van der Waals surface area contributed by atoms with Gasteiger partial charge in [0.25, 0.3) is 0 Å². The molecule has 0 spiro atoms. The summed E-state index contributed by atoms with van der Waals surface area (Å²) in [5.74, 6) is 0. The number of aromatic nitrogens is 4. The third-order valence-corrected chi connectivity index (χ3v) is 3.48. The van der Waals surface area contributed by atoms with Gasteiger partial charge in [-0.3, -0.25) is 0 Å². The topological polar surface area (TPSA) is 66.7 Å². The lowest BCUT2D eigenvalue weighted by atomic mass is 10.2. The van der Waals surface area contributed by atoms with Crippen LogP contribution in [-0.4, -0.2) is 30.7 Å². The number of hydrogen-bond acceptors (Lipinski definition) is 4. The summed E-state index contributed by atoms with van der Waals surface area (Å²) in [6.45, 7) is 0. The third kappa shape index (κ3) is 1.37. The van der Waals surface area contributed by atoms with Gasteiger partial charge in [0.2, 0.25) is 0 Å². The van der Waals surface area contributed by atoms with Crippen molar-refractivity contribution >= 4 is 23.4 Å². The Bertz CT molecular complexity index is 575. The minimum atomic E-state index is -0.285. The van der Waals surface area contributed by atoms with Crippen LogP contribution in [0, 0.1) is 4.64 Å². The van der Waals surface area contributed by atoms with Gasteiger partial charge in [-0.2, -0.15) is 0 Å².